The van der Waals surface area contributed by atoms with E-state index >= 15 is 0 Å². The van der Waals surface area contributed by atoms with Crippen LogP contribution in [0.4, 0.5) is 5.69 Å². The van der Waals surface area contributed by atoms with Crippen LogP contribution in [0.1, 0.15) is 19.2 Å². The van der Waals surface area contributed by atoms with Gasteiger partial charge in [0.15, 0.2) is 0 Å². The third-order valence-corrected chi connectivity index (χ3v) is 3.18. The van der Waals surface area contributed by atoms with Gasteiger partial charge in [-0.1, -0.05) is 19.1 Å². The van der Waals surface area contributed by atoms with Crippen molar-refractivity contribution in [2.24, 2.45) is 0 Å². The summed E-state index contributed by atoms with van der Waals surface area (Å²) in [7, 11) is 0. The Kier molecular flexibility index (Phi) is 3.18. The Morgan fingerprint density at radius 2 is 2.32 bits per heavy atom. The fourth-order valence-corrected chi connectivity index (χ4v) is 2.24. The summed E-state index contributed by atoms with van der Waals surface area (Å²) in [4.78, 5) is 4.39. The number of H-pyrrole nitrogens is 1. The predicted octanol–water partition coefficient (Wildman–Crippen LogP) is 2.78. The lowest BCUT2D eigenvalue weighted by molar-refractivity contribution is 0.644. The summed E-state index contributed by atoms with van der Waals surface area (Å²) < 4.78 is 2.18. The summed E-state index contributed by atoms with van der Waals surface area (Å²) in [5.74, 6) is 1.05. The highest BCUT2D eigenvalue weighted by molar-refractivity contribution is 5.89. The average molecular weight is 255 g/mol. The second-order valence-electron chi connectivity index (χ2n) is 4.53. The lowest BCUT2D eigenvalue weighted by Crippen LogP contribution is -2.08. The second-order valence-corrected chi connectivity index (χ2v) is 4.53. The summed E-state index contributed by atoms with van der Waals surface area (Å²) in [6.07, 6.45) is 6.82. The molecule has 2 aromatic heterocycles. The van der Waals surface area contributed by atoms with Gasteiger partial charge in [-0.3, -0.25) is 5.10 Å². The Hall–Kier alpha value is -2.30. The molecule has 5 heteroatoms. The number of fused-ring (bicyclic) bond motifs is 1. The minimum absolute atomic E-state index is 0.713. The van der Waals surface area contributed by atoms with E-state index in [1.54, 1.807) is 0 Å². The molecule has 0 bridgehead atoms. The summed E-state index contributed by atoms with van der Waals surface area (Å²) in [5, 5.41) is 11.6. The number of aryl methyl sites for hydroxylation is 1. The minimum atomic E-state index is 0.713. The molecule has 0 aliphatic heterocycles. The maximum absolute atomic E-state index is 4.39. The van der Waals surface area contributed by atoms with Crippen LogP contribution in [0.5, 0.6) is 0 Å². The van der Waals surface area contributed by atoms with Gasteiger partial charge in [0.25, 0.3) is 0 Å². The molecule has 0 spiro atoms. The number of aromatic nitrogens is 4. The third-order valence-electron chi connectivity index (χ3n) is 3.18. The number of imidazole rings is 1. The van der Waals surface area contributed by atoms with Gasteiger partial charge in [-0.15, -0.1) is 0 Å². The maximum Gasteiger partial charge on any atom is 0.128 e. The molecule has 0 unspecified atom stereocenters. The highest BCUT2D eigenvalue weighted by atomic mass is 15.1. The van der Waals surface area contributed by atoms with Crippen molar-refractivity contribution < 1.29 is 0 Å². The molecule has 2 N–H and O–H groups in total. The highest BCUT2D eigenvalue weighted by Crippen LogP contribution is 2.20. The number of para-hydroxylation sites is 1. The van der Waals surface area contributed by atoms with Crippen LogP contribution in [0, 0.1) is 0 Å². The topological polar surface area (TPSA) is 58.5 Å². The molecule has 19 heavy (non-hydrogen) atoms. The molecular formula is C14H17N5. The number of benzene rings is 1. The summed E-state index contributed by atoms with van der Waals surface area (Å²) in [6.45, 7) is 3.89. The fraction of sp³-hybridized carbons (Fsp3) is 0.286. The number of aromatic amines is 1. The SMILES string of the molecule is CCCn1ccnc1CNc1cccc2cn[nH]c12. The number of hydrogen-bond acceptors (Lipinski definition) is 3. The molecular weight excluding hydrogens is 238 g/mol. The van der Waals surface area contributed by atoms with E-state index in [-0.39, 0.29) is 0 Å². The Morgan fingerprint density at radius 1 is 1.37 bits per heavy atom. The van der Waals surface area contributed by atoms with Crippen molar-refractivity contribution in [3.8, 4) is 0 Å². The molecule has 1 aromatic carbocycles. The molecule has 3 aromatic rings. The lowest BCUT2D eigenvalue weighted by atomic mass is 10.2. The molecule has 0 fully saturated rings. The Labute approximate surface area is 111 Å². The van der Waals surface area contributed by atoms with E-state index < -0.39 is 0 Å². The summed E-state index contributed by atoms with van der Waals surface area (Å²) in [5.41, 5.74) is 2.09. The number of rotatable bonds is 5. The zero-order valence-corrected chi connectivity index (χ0v) is 10.9. The van der Waals surface area contributed by atoms with Crippen LogP contribution in [-0.2, 0) is 13.1 Å². The van der Waals surface area contributed by atoms with Crippen molar-refractivity contribution in [1.82, 2.24) is 19.7 Å². The van der Waals surface area contributed by atoms with Crippen LogP contribution in [-0.4, -0.2) is 19.7 Å². The summed E-state index contributed by atoms with van der Waals surface area (Å²) in [6, 6.07) is 6.12. The first-order valence-electron chi connectivity index (χ1n) is 6.54. The van der Waals surface area contributed by atoms with E-state index in [0.29, 0.717) is 6.54 Å². The van der Waals surface area contributed by atoms with Gasteiger partial charge in [0.05, 0.1) is 23.9 Å². The first-order chi connectivity index (χ1) is 9.38. The molecule has 0 aliphatic carbocycles. The first kappa shape index (κ1) is 11.8. The van der Waals surface area contributed by atoms with Crippen LogP contribution in [0.25, 0.3) is 10.9 Å². The van der Waals surface area contributed by atoms with Gasteiger partial charge < -0.3 is 9.88 Å². The largest absolute Gasteiger partial charge is 0.376 e. The van der Waals surface area contributed by atoms with Crippen molar-refractivity contribution in [3.63, 3.8) is 0 Å². The molecule has 0 saturated heterocycles. The number of nitrogens with zero attached hydrogens (tertiary/aromatic N) is 3. The standard InChI is InChI=1S/C14H17N5/c1-2-7-19-8-6-15-13(19)10-16-12-5-3-4-11-9-17-18-14(11)12/h3-6,8-9,16H,2,7,10H2,1H3,(H,17,18). The van der Waals surface area contributed by atoms with Gasteiger partial charge in [0.2, 0.25) is 0 Å². The van der Waals surface area contributed by atoms with Gasteiger partial charge in [0, 0.05) is 24.3 Å². The predicted molar refractivity (Wildman–Crippen MR) is 75.9 cm³/mol. The number of hydrogen-bond donors (Lipinski definition) is 2. The molecule has 0 aliphatic rings. The first-order valence-corrected chi connectivity index (χ1v) is 6.54. The van der Waals surface area contributed by atoms with Gasteiger partial charge in [0.1, 0.15) is 5.82 Å². The second kappa shape index (κ2) is 5.14. The van der Waals surface area contributed by atoms with Gasteiger partial charge in [-0.25, -0.2) is 4.98 Å². The van der Waals surface area contributed by atoms with E-state index in [1.807, 2.05) is 36.8 Å². The third kappa shape index (κ3) is 2.31. The lowest BCUT2D eigenvalue weighted by Gasteiger charge is -2.09. The summed E-state index contributed by atoms with van der Waals surface area (Å²) >= 11 is 0. The normalized spacial score (nSPS) is 11.0. The Balaban J connectivity index is 1.78. The van der Waals surface area contributed by atoms with Gasteiger partial charge >= 0.3 is 0 Å². The molecule has 0 radical (unpaired) electrons. The molecule has 0 amide bonds. The molecule has 0 saturated carbocycles. The van der Waals surface area contributed by atoms with Crippen LogP contribution >= 0.6 is 0 Å². The van der Waals surface area contributed by atoms with E-state index in [1.165, 1.54) is 0 Å². The Morgan fingerprint density at radius 3 is 3.21 bits per heavy atom. The Bertz CT molecular complexity index is 667. The minimum Gasteiger partial charge on any atom is -0.376 e. The molecule has 5 nitrogen and oxygen atoms in total. The molecule has 0 atom stereocenters. The number of nitrogens with one attached hydrogen (secondary N) is 2. The highest BCUT2D eigenvalue weighted by Gasteiger charge is 2.05. The number of anilines is 1. The zero-order chi connectivity index (χ0) is 13.1. The monoisotopic (exact) mass is 255 g/mol. The van der Waals surface area contributed by atoms with E-state index in [4.69, 9.17) is 0 Å². The quantitative estimate of drug-likeness (QED) is 0.737. The van der Waals surface area contributed by atoms with Gasteiger partial charge in [-0.05, 0) is 12.5 Å². The van der Waals surface area contributed by atoms with Gasteiger partial charge in [-0.2, -0.15) is 5.10 Å². The van der Waals surface area contributed by atoms with E-state index in [9.17, 15) is 0 Å². The molecule has 2 heterocycles. The van der Waals surface area contributed by atoms with Crippen LogP contribution < -0.4 is 5.32 Å². The van der Waals surface area contributed by atoms with Crippen LogP contribution in [0.3, 0.4) is 0 Å². The maximum atomic E-state index is 4.39. The zero-order valence-electron chi connectivity index (χ0n) is 10.9. The molecule has 98 valence electrons. The average Bonchev–Trinajstić information content (AvgIpc) is 3.05. The van der Waals surface area contributed by atoms with E-state index in [0.717, 1.165) is 35.4 Å². The van der Waals surface area contributed by atoms with Crippen molar-refractivity contribution in [1.29, 1.82) is 0 Å². The fourth-order valence-electron chi connectivity index (χ4n) is 2.24. The van der Waals surface area contributed by atoms with Crippen LogP contribution in [0.2, 0.25) is 0 Å². The van der Waals surface area contributed by atoms with Crippen LogP contribution in [0.15, 0.2) is 36.8 Å². The van der Waals surface area contributed by atoms with Crippen molar-refractivity contribution >= 4 is 16.6 Å². The van der Waals surface area contributed by atoms with E-state index in [2.05, 4.69) is 32.0 Å². The smallest absolute Gasteiger partial charge is 0.128 e. The molecule has 3 rings (SSSR count). The van der Waals surface area contributed by atoms with Crippen molar-refractivity contribution in [3.05, 3.63) is 42.6 Å². The van der Waals surface area contributed by atoms with Crippen molar-refractivity contribution in [2.75, 3.05) is 5.32 Å². The van der Waals surface area contributed by atoms with Crippen molar-refractivity contribution in [2.45, 2.75) is 26.4 Å².